The number of aliphatic imine (C=N–C) groups is 1. The molecule has 5 N–H and O–H groups in total. The standard InChI is InChI=1S/C27H27ClN8/c1-17(8-7-11-30-3)25(24-16-32-36-35-24)34-21-12-22-26(33-18(2)19-9-5-4-6-10-19)20(14-29)15-31-27(22)23(28)13-21/h4-13,15-16,18,25,32,34-36H,1H2,2-3H3,(H,31,33)/b8-7-,30-11-/t18-,25+/m1/s1. The molecule has 1 aromatic heterocycles. The second-order valence-corrected chi connectivity index (χ2v) is 8.61. The van der Waals surface area contributed by atoms with Gasteiger partial charge in [-0.15, -0.1) is 0 Å². The van der Waals surface area contributed by atoms with Gasteiger partial charge in [0, 0.05) is 42.8 Å². The summed E-state index contributed by atoms with van der Waals surface area (Å²) in [5.74, 6) is 0. The van der Waals surface area contributed by atoms with E-state index in [1.54, 1.807) is 19.5 Å². The first kappa shape index (κ1) is 24.8. The second-order valence-electron chi connectivity index (χ2n) is 8.20. The largest absolute Gasteiger partial charge is 0.377 e. The minimum absolute atomic E-state index is 0.0397. The van der Waals surface area contributed by atoms with Gasteiger partial charge < -0.3 is 21.5 Å². The number of fused-ring (bicyclic) bond motifs is 1. The average Bonchev–Trinajstić information content (AvgIpc) is 3.43. The Kier molecular flexibility index (Phi) is 7.85. The molecular formula is C27H27ClN8. The van der Waals surface area contributed by atoms with E-state index in [-0.39, 0.29) is 12.1 Å². The van der Waals surface area contributed by atoms with E-state index in [1.807, 2.05) is 60.8 Å². The Morgan fingerprint density at radius 2 is 2.06 bits per heavy atom. The summed E-state index contributed by atoms with van der Waals surface area (Å²) in [6.45, 7) is 6.27. The first-order valence-electron chi connectivity index (χ1n) is 11.4. The van der Waals surface area contributed by atoms with Crippen LogP contribution in [0.15, 0.2) is 89.9 Å². The van der Waals surface area contributed by atoms with E-state index < -0.39 is 0 Å². The predicted molar refractivity (Wildman–Crippen MR) is 148 cm³/mol. The zero-order chi connectivity index (χ0) is 25.5. The predicted octanol–water partition coefficient (Wildman–Crippen LogP) is 4.98. The van der Waals surface area contributed by atoms with Crippen molar-refractivity contribution in [1.82, 2.24) is 21.4 Å². The van der Waals surface area contributed by atoms with E-state index in [0.717, 1.165) is 27.9 Å². The summed E-state index contributed by atoms with van der Waals surface area (Å²) in [7, 11) is 1.71. The van der Waals surface area contributed by atoms with Crippen LogP contribution in [-0.2, 0) is 0 Å². The lowest BCUT2D eigenvalue weighted by atomic mass is 10.0. The molecule has 1 aliphatic heterocycles. The van der Waals surface area contributed by atoms with Crippen molar-refractivity contribution in [3.8, 4) is 6.07 Å². The number of pyridine rings is 1. The van der Waals surface area contributed by atoms with Gasteiger partial charge in [0.25, 0.3) is 0 Å². The maximum atomic E-state index is 9.83. The Morgan fingerprint density at radius 1 is 1.25 bits per heavy atom. The quantitative estimate of drug-likeness (QED) is 0.209. The molecule has 8 nitrogen and oxygen atoms in total. The Bertz CT molecular complexity index is 1390. The molecule has 2 heterocycles. The molecule has 0 fully saturated rings. The van der Waals surface area contributed by atoms with Gasteiger partial charge in [-0.25, -0.2) is 0 Å². The lowest BCUT2D eigenvalue weighted by Crippen LogP contribution is -2.37. The molecule has 9 heteroatoms. The van der Waals surface area contributed by atoms with Crippen LogP contribution in [0, 0.1) is 11.3 Å². The van der Waals surface area contributed by atoms with Crippen molar-refractivity contribution < 1.29 is 0 Å². The number of hydrazine groups is 2. The third-order valence-corrected chi connectivity index (χ3v) is 6.04. The highest BCUT2D eigenvalue weighted by atomic mass is 35.5. The fraction of sp³-hybridized carbons (Fsp3) is 0.148. The Morgan fingerprint density at radius 3 is 2.75 bits per heavy atom. The van der Waals surface area contributed by atoms with Gasteiger partial charge in [-0.2, -0.15) is 10.8 Å². The number of benzene rings is 2. The number of nitrogens with zero attached hydrogens (tertiary/aromatic N) is 3. The molecule has 0 saturated heterocycles. The van der Waals surface area contributed by atoms with Gasteiger partial charge in [-0.05, 0) is 36.3 Å². The third-order valence-electron chi connectivity index (χ3n) is 5.75. The van der Waals surface area contributed by atoms with Gasteiger partial charge in [-0.3, -0.25) is 9.98 Å². The topological polar surface area (TPSA) is 109 Å². The summed E-state index contributed by atoms with van der Waals surface area (Å²) in [5, 5.41) is 18.0. The number of rotatable bonds is 9. The number of hydrogen-bond acceptors (Lipinski definition) is 8. The van der Waals surface area contributed by atoms with E-state index in [2.05, 4.69) is 56.6 Å². The van der Waals surface area contributed by atoms with Gasteiger partial charge in [0.2, 0.25) is 0 Å². The van der Waals surface area contributed by atoms with Gasteiger partial charge in [0.05, 0.1) is 33.5 Å². The fourth-order valence-corrected chi connectivity index (χ4v) is 4.19. The Labute approximate surface area is 215 Å². The summed E-state index contributed by atoms with van der Waals surface area (Å²) < 4.78 is 0. The zero-order valence-electron chi connectivity index (χ0n) is 20.0. The number of halogens is 1. The van der Waals surface area contributed by atoms with Crippen LogP contribution in [0.1, 0.15) is 24.1 Å². The van der Waals surface area contributed by atoms with Crippen LogP contribution < -0.4 is 27.0 Å². The molecule has 0 aliphatic carbocycles. The Balaban J connectivity index is 1.74. The fourth-order valence-electron chi connectivity index (χ4n) is 3.92. The molecule has 2 atom stereocenters. The molecule has 0 amide bonds. The van der Waals surface area contributed by atoms with Gasteiger partial charge in [-0.1, -0.05) is 54.6 Å². The van der Waals surface area contributed by atoms with E-state index in [0.29, 0.717) is 21.8 Å². The van der Waals surface area contributed by atoms with Crippen molar-refractivity contribution in [2.45, 2.75) is 19.0 Å². The average molecular weight is 499 g/mol. The number of nitrogens with one attached hydrogen (secondary N) is 5. The van der Waals surface area contributed by atoms with Gasteiger partial charge >= 0.3 is 0 Å². The van der Waals surface area contributed by atoms with Crippen LogP contribution in [0.3, 0.4) is 0 Å². The molecule has 4 rings (SSSR count). The number of allylic oxidation sites excluding steroid dienone is 1. The van der Waals surface area contributed by atoms with E-state index in [4.69, 9.17) is 11.6 Å². The van der Waals surface area contributed by atoms with Crippen LogP contribution in [-0.4, -0.2) is 24.3 Å². The summed E-state index contributed by atoms with van der Waals surface area (Å²) in [4.78, 5) is 8.45. The smallest absolute Gasteiger partial charge is 0.103 e. The molecule has 0 spiro atoms. The molecular weight excluding hydrogens is 472 g/mol. The monoisotopic (exact) mass is 498 g/mol. The number of nitriles is 1. The zero-order valence-corrected chi connectivity index (χ0v) is 20.8. The maximum Gasteiger partial charge on any atom is 0.103 e. The van der Waals surface area contributed by atoms with Crippen molar-refractivity contribution in [2.24, 2.45) is 4.99 Å². The van der Waals surface area contributed by atoms with Crippen molar-refractivity contribution in [1.29, 1.82) is 5.26 Å². The molecule has 0 unspecified atom stereocenters. The minimum atomic E-state index is -0.297. The molecule has 1 aliphatic rings. The van der Waals surface area contributed by atoms with E-state index >= 15 is 0 Å². The van der Waals surface area contributed by atoms with Crippen molar-refractivity contribution in [2.75, 3.05) is 17.7 Å². The molecule has 0 saturated carbocycles. The lowest BCUT2D eigenvalue weighted by Gasteiger charge is -2.23. The minimum Gasteiger partial charge on any atom is -0.377 e. The van der Waals surface area contributed by atoms with Crippen LogP contribution in [0.5, 0.6) is 0 Å². The lowest BCUT2D eigenvalue weighted by molar-refractivity contribution is 0.589. The van der Waals surface area contributed by atoms with Crippen LogP contribution in [0.25, 0.3) is 10.9 Å². The van der Waals surface area contributed by atoms with Crippen LogP contribution in [0.4, 0.5) is 11.4 Å². The van der Waals surface area contributed by atoms with Crippen molar-refractivity contribution in [3.63, 3.8) is 0 Å². The van der Waals surface area contributed by atoms with Crippen LogP contribution >= 0.6 is 11.6 Å². The molecule has 0 radical (unpaired) electrons. The molecule has 36 heavy (non-hydrogen) atoms. The van der Waals surface area contributed by atoms with Crippen LogP contribution in [0.2, 0.25) is 5.02 Å². The molecule has 0 bridgehead atoms. The Hall–Kier alpha value is -4.32. The summed E-state index contributed by atoms with van der Waals surface area (Å²) in [6, 6.07) is 15.7. The summed E-state index contributed by atoms with van der Waals surface area (Å²) in [5.41, 5.74) is 14.1. The molecule has 2 aromatic carbocycles. The van der Waals surface area contributed by atoms with Crippen molar-refractivity contribution in [3.05, 3.63) is 101 Å². The SMILES string of the molecule is C=C(/C=C\C=N/C)[C@H](Nc1cc(Cl)c2ncc(C#N)c(N[C@H](C)c3ccccc3)c2c1)C1=CNNN1. The first-order chi connectivity index (χ1) is 17.5. The highest BCUT2D eigenvalue weighted by Gasteiger charge is 2.21. The van der Waals surface area contributed by atoms with Gasteiger partial charge in [0.15, 0.2) is 0 Å². The number of anilines is 2. The normalized spacial score (nSPS) is 14.7. The highest BCUT2D eigenvalue weighted by molar-refractivity contribution is 6.35. The second kappa shape index (κ2) is 11.4. The summed E-state index contributed by atoms with van der Waals surface area (Å²) >= 11 is 6.69. The van der Waals surface area contributed by atoms with Gasteiger partial charge in [0.1, 0.15) is 6.07 Å². The molecule has 182 valence electrons. The van der Waals surface area contributed by atoms with Crippen molar-refractivity contribution >= 4 is 40.1 Å². The van der Waals surface area contributed by atoms with E-state index in [1.165, 1.54) is 0 Å². The highest BCUT2D eigenvalue weighted by Crippen LogP contribution is 2.35. The third kappa shape index (κ3) is 5.49. The molecule has 3 aromatic rings. The summed E-state index contributed by atoms with van der Waals surface area (Å²) in [6.07, 6.45) is 8.78. The first-order valence-corrected chi connectivity index (χ1v) is 11.7. The number of aromatic nitrogens is 1. The van der Waals surface area contributed by atoms with E-state index in [9.17, 15) is 5.26 Å². The number of hydrogen-bond donors (Lipinski definition) is 5. The maximum absolute atomic E-state index is 9.83.